The number of hydrogen-bond donors (Lipinski definition) is 1. The van der Waals surface area contributed by atoms with Crippen LogP contribution in [0.25, 0.3) is 0 Å². The van der Waals surface area contributed by atoms with Gasteiger partial charge in [0.15, 0.2) is 0 Å². The molecule has 1 aromatic heterocycles. The second-order valence-corrected chi connectivity index (χ2v) is 2.93. The van der Waals surface area contributed by atoms with Gasteiger partial charge in [0.2, 0.25) is 5.88 Å². The van der Waals surface area contributed by atoms with Crippen LogP contribution in [0.4, 0.5) is 5.82 Å². The quantitative estimate of drug-likeness (QED) is 0.737. The van der Waals surface area contributed by atoms with E-state index in [0.717, 1.165) is 11.7 Å². The zero-order valence-electron chi connectivity index (χ0n) is 7.08. The highest BCUT2D eigenvalue weighted by Gasteiger charge is 2.23. The predicted molar refractivity (Wildman–Crippen MR) is 47.4 cm³/mol. The minimum atomic E-state index is 0.421. The fraction of sp³-hybridized carbons (Fsp3) is 0.444. The number of pyridine rings is 1. The molecular formula is C9H12N2O. The first-order chi connectivity index (χ1) is 5.88. The van der Waals surface area contributed by atoms with Crippen molar-refractivity contribution in [2.45, 2.75) is 18.9 Å². The minimum absolute atomic E-state index is 0.421. The summed E-state index contributed by atoms with van der Waals surface area (Å²) in [6.45, 7) is 0. The summed E-state index contributed by atoms with van der Waals surface area (Å²) in [7, 11) is 1.85. The Labute approximate surface area is 71.8 Å². The third kappa shape index (κ3) is 1.67. The zero-order chi connectivity index (χ0) is 8.39. The van der Waals surface area contributed by atoms with Crippen LogP contribution in [0.1, 0.15) is 12.8 Å². The molecule has 1 heterocycles. The van der Waals surface area contributed by atoms with Gasteiger partial charge in [-0.25, -0.2) is 0 Å². The van der Waals surface area contributed by atoms with Crippen molar-refractivity contribution >= 4 is 5.82 Å². The maximum Gasteiger partial charge on any atom is 0.215 e. The Kier molecular flexibility index (Phi) is 1.86. The van der Waals surface area contributed by atoms with E-state index in [4.69, 9.17) is 4.74 Å². The molecule has 0 bridgehead atoms. The third-order valence-corrected chi connectivity index (χ3v) is 1.79. The number of aromatic nitrogens is 1. The summed E-state index contributed by atoms with van der Waals surface area (Å²) in [5.74, 6) is 1.58. The Morgan fingerprint density at radius 1 is 1.50 bits per heavy atom. The zero-order valence-corrected chi connectivity index (χ0v) is 7.08. The van der Waals surface area contributed by atoms with Crippen LogP contribution in [0.3, 0.4) is 0 Å². The lowest BCUT2D eigenvalue weighted by Gasteiger charge is -2.04. The van der Waals surface area contributed by atoms with E-state index in [1.165, 1.54) is 12.8 Å². The van der Waals surface area contributed by atoms with Crippen LogP contribution in [0.5, 0.6) is 5.88 Å². The number of nitrogens with zero attached hydrogens (tertiary/aromatic N) is 1. The summed E-state index contributed by atoms with van der Waals surface area (Å²) in [6.07, 6.45) is 2.77. The molecule has 12 heavy (non-hydrogen) atoms. The van der Waals surface area contributed by atoms with Crippen LogP contribution in [0, 0.1) is 0 Å². The van der Waals surface area contributed by atoms with E-state index in [1.54, 1.807) is 0 Å². The lowest BCUT2D eigenvalue weighted by molar-refractivity contribution is 0.291. The van der Waals surface area contributed by atoms with Gasteiger partial charge in [-0.2, -0.15) is 4.98 Å². The van der Waals surface area contributed by atoms with E-state index in [0.29, 0.717) is 6.10 Å². The van der Waals surface area contributed by atoms with E-state index in [-0.39, 0.29) is 0 Å². The highest BCUT2D eigenvalue weighted by atomic mass is 16.5. The summed E-state index contributed by atoms with van der Waals surface area (Å²) < 4.78 is 5.52. The predicted octanol–water partition coefficient (Wildman–Crippen LogP) is 1.66. The van der Waals surface area contributed by atoms with Gasteiger partial charge in [0, 0.05) is 13.1 Å². The maximum atomic E-state index is 5.52. The van der Waals surface area contributed by atoms with Crippen LogP contribution in [0.2, 0.25) is 0 Å². The van der Waals surface area contributed by atoms with Crippen LogP contribution >= 0.6 is 0 Å². The number of hydrogen-bond acceptors (Lipinski definition) is 3. The van der Waals surface area contributed by atoms with Gasteiger partial charge < -0.3 is 10.1 Å². The highest BCUT2D eigenvalue weighted by molar-refractivity contribution is 5.36. The smallest absolute Gasteiger partial charge is 0.215 e. The number of rotatable bonds is 3. The van der Waals surface area contributed by atoms with Crippen molar-refractivity contribution in [3.63, 3.8) is 0 Å². The van der Waals surface area contributed by atoms with Crippen LogP contribution < -0.4 is 10.1 Å². The van der Waals surface area contributed by atoms with E-state index in [2.05, 4.69) is 10.3 Å². The summed E-state index contributed by atoms with van der Waals surface area (Å²) in [6, 6.07) is 5.75. The molecule has 1 aliphatic carbocycles. The van der Waals surface area contributed by atoms with Crippen molar-refractivity contribution in [2.75, 3.05) is 12.4 Å². The minimum Gasteiger partial charge on any atom is -0.474 e. The van der Waals surface area contributed by atoms with Gasteiger partial charge in [0.25, 0.3) is 0 Å². The lowest BCUT2D eigenvalue weighted by Crippen LogP contribution is -1.99. The van der Waals surface area contributed by atoms with Crippen LogP contribution in [-0.4, -0.2) is 18.1 Å². The summed E-state index contributed by atoms with van der Waals surface area (Å²) in [5, 5.41) is 2.97. The van der Waals surface area contributed by atoms with Crippen LogP contribution in [0.15, 0.2) is 18.2 Å². The van der Waals surface area contributed by atoms with Gasteiger partial charge in [-0.3, -0.25) is 0 Å². The molecule has 0 saturated heterocycles. The average Bonchev–Trinajstić information content (AvgIpc) is 2.89. The van der Waals surface area contributed by atoms with Crippen molar-refractivity contribution in [3.8, 4) is 5.88 Å². The first-order valence-corrected chi connectivity index (χ1v) is 4.20. The third-order valence-electron chi connectivity index (χ3n) is 1.79. The van der Waals surface area contributed by atoms with Gasteiger partial charge in [0.05, 0.1) is 0 Å². The van der Waals surface area contributed by atoms with Crippen molar-refractivity contribution in [1.82, 2.24) is 4.98 Å². The highest BCUT2D eigenvalue weighted by Crippen LogP contribution is 2.25. The molecule has 0 unspecified atom stereocenters. The molecule has 0 aromatic carbocycles. The normalized spacial score (nSPS) is 15.8. The number of ether oxygens (including phenoxy) is 1. The van der Waals surface area contributed by atoms with E-state index < -0.39 is 0 Å². The molecule has 0 aliphatic heterocycles. The SMILES string of the molecule is CNc1cccc(OC2CC2)n1. The monoisotopic (exact) mass is 164 g/mol. The Morgan fingerprint density at radius 2 is 2.33 bits per heavy atom. The van der Waals surface area contributed by atoms with Gasteiger partial charge >= 0.3 is 0 Å². The summed E-state index contributed by atoms with van der Waals surface area (Å²) >= 11 is 0. The molecule has 0 spiro atoms. The molecule has 64 valence electrons. The number of nitrogens with one attached hydrogen (secondary N) is 1. The van der Waals surface area contributed by atoms with Crippen molar-refractivity contribution in [3.05, 3.63) is 18.2 Å². The molecule has 1 N–H and O–H groups in total. The molecule has 1 aliphatic rings. The molecule has 1 aromatic rings. The Morgan fingerprint density at radius 3 is 3.00 bits per heavy atom. The topological polar surface area (TPSA) is 34.1 Å². The standard InChI is InChI=1S/C9H12N2O/c1-10-8-3-2-4-9(11-8)12-7-5-6-7/h2-4,7H,5-6H2,1H3,(H,10,11). The Balaban J connectivity index is 2.08. The summed E-state index contributed by atoms with van der Waals surface area (Å²) in [4.78, 5) is 4.24. The number of anilines is 1. The van der Waals surface area contributed by atoms with Crippen molar-refractivity contribution < 1.29 is 4.74 Å². The summed E-state index contributed by atoms with van der Waals surface area (Å²) in [5.41, 5.74) is 0. The second kappa shape index (κ2) is 3.01. The fourth-order valence-electron chi connectivity index (χ4n) is 0.976. The van der Waals surface area contributed by atoms with E-state index in [1.807, 2.05) is 25.2 Å². The average molecular weight is 164 g/mol. The maximum absolute atomic E-state index is 5.52. The molecule has 3 heteroatoms. The van der Waals surface area contributed by atoms with Gasteiger partial charge in [-0.05, 0) is 18.9 Å². The molecule has 1 saturated carbocycles. The molecule has 1 fully saturated rings. The first-order valence-electron chi connectivity index (χ1n) is 4.20. The van der Waals surface area contributed by atoms with Gasteiger partial charge in [-0.1, -0.05) is 6.07 Å². The van der Waals surface area contributed by atoms with Crippen molar-refractivity contribution in [1.29, 1.82) is 0 Å². The second-order valence-electron chi connectivity index (χ2n) is 2.93. The van der Waals surface area contributed by atoms with E-state index in [9.17, 15) is 0 Å². The molecule has 3 nitrogen and oxygen atoms in total. The van der Waals surface area contributed by atoms with Gasteiger partial charge in [0.1, 0.15) is 11.9 Å². The van der Waals surface area contributed by atoms with Gasteiger partial charge in [-0.15, -0.1) is 0 Å². The molecule has 0 amide bonds. The molecule has 0 atom stereocenters. The molecule has 2 rings (SSSR count). The van der Waals surface area contributed by atoms with Crippen LogP contribution in [-0.2, 0) is 0 Å². The lowest BCUT2D eigenvalue weighted by atomic mass is 10.4. The van der Waals surface area contributed by atoms with E-state index >= 15 is 0 Å². The largest absolute Gasteiger partial charge is 0.474 e. The molecular weight excluding hydrogens is 152 g/mol. The van der Waals surface area contributed by atoms with Crippen molar-refractivity contribution in [2.24, 2.45) is 0 Å². The molecule has 0 radical (unpaired) electrons. The Bertz CT molecular complexity index is 271. The fourth-order valence-corrected chi connectivity index (χ4v) is 0.976. The first kappa shape index (κ1) is 7.40. The Hall–Kier alpha value is -1.25.